The highest BCUT2D eigenvalue weighted by Gasteiger charge is 2.22. The molecule has 1 amide bonds. The number of pyridine rings is 1. The van der Waals surface area contributed by atoms with Gasteiger partial charge in [0.05, 0.1) is 30.3 Å². The number of amides is 1. The second-order valence-corrected chi connectivity index (χ2v) is 7.97. The molecule has 3 aromatic rings. The van der Waals surface area contributed by atoms with Crippen LogP contribution >= 0.6 is 22.7 Å². The van der Waals surface area contributed by atoms with E-state index in [9.17, 15) is 4.79 Å². The van der Waals surface area contributed by atoms with E-state index in [1.807, 2.05) is 41.8 Å². The van der Waals surface area contributed by atoms with E-state index in [1.54, 1.807) is 17.5 Å². The first kappa shape index (κ1) is 17.2. The predicted octanol–water partition coefficient (Wildman–Crippen LogP) is 3.64. The van der Waals surface area contributed by atoms with Gasteiger partial charge < -0.3 is 15.0 Å². The molecule has 0 atom stereocenters. The molecule has 1 aliphatic rings. The van der Waals surface area contributed by atoms with Crippen LogP contribution in [0.5, 0.6) is 0 Å². The minimum Gasteiger partial charge on any atom is -0.378 e. The Bertz CT molecular complexity index is 856. The second kappa shape index (κ2) is 7.99. The van der Waals surface area contributed by atoms with Crippen molar-refractivity contribution >= 4 is 33.6 Å². The molecule has 134 valence electrons. The fourth-order valence-electron chi connectivity index (χ4n) is 2.87. The van der Waals surface area contributed by atoms with E-state index in [4.69, 9.17) is 4.74 Å². The van der Waals surface area contributed by atoms with Gasteiger partial charge in [0.1, 0.15) is 5.00 Å². The molecule has 0 unspecified atom stereocenters. The molecule has 1 aliphatic heterocycles. The van der Waals surface area contributed by atoms with Crippen molar-refractivity contribution in [3.05, 3.63) is 57.7 Å². The van der Waals surface area contributed by atoms with Gasteiger partial charge in [0.25, 0.3) is 5.91 Å². The van der Waals surface area contributed by atoms with E-state index in [1.165, 1.54) is 11.3 Å². The molecular weight excluding hydrogens is 366 g/mol. The highest BCUT2D eigenvalue weighted by atomic mass is 32.1. The van der Waals surface area contributed by atoms with Crippen molar-refractivity contribution in [2.45, 2.75) is 6.54 Å². The molecule has 0 aromatic carbocycles. The van der Waals surface area contributed by atoms with Gasteiger partial charge in [-0.15, -0.1) is 22.7 Å². The lowest BCUT2D eigenvalue weighted by atomic mass is 10.2. The minimum atomic E-state index is -0.0416. The number of nitrogens with one attached hydrogen (secondary N) is 1. The SMILES string of the molecule is O=C(NCc1cccs1)c1cc(-c2ccccn2)c(N2CCOCC2)s1. The third kappa shape index (κ3) is 3.80. The Morgan fingerprint density at radius 2 is 2.12 bits per heavy atom. The number of nitrogens with zero attached hydrogens (tertiary/aromatic N) is 2. The summed E-state index contributed by atoms with van der Waals surface area (Å²) in [7, 11) is 0. The van der Waals surface area contributed by atoms with Crippen molar-refractivity contribution in [1.29, 1.82) is 0 Å². The lowest BCUT2D eigenvalue weighted by molar-refractivity contribution is 0.0955. The van der Waals surface area contributed by atoms with Crippen LogP contribution in [0.3, 0.4) is 0 Å². The van der Waals surface area contributed by atoms with E-state index < -0.39 is 0 Å². The van der Waals surface area contributed by atoms with Gasteiger partial charge in [0, 0.05) is 29.7 Å². The van der Waals surface area contributed by atoms with Gasteiger partial charge in [-0.05, 0) is 29.6 Å². The maximum Gasteiger partial charge on any atom is 0.261 e. The Kier molecular flexibility index (Phi) is 5.29. The van der Waals surface area contributed by atoms with Crippen LogP contribution in [0.15, 0.2) is 48.0 Å². The summed E-state index contributed by atoms with van der Waals surface area (Å²) >= 11 is 3.17. The summed E-state index contributed by atoms with van der Waals surface area (Å²) in [5.74, 6) is -0.0416. The molecule has 1 saturated heterocycles. The topological polar surface area (TPSA) is 54.5 Å². The van der Waals surface area contributed by atoms with Crippen molar-refractivity contribution in [1.82, 2.24) is 10.3 Å². The second-order valence-electron chi connectivity index (χ2n) is 5.91. The molecule has 4 heterocycles. The van der Waals surface area contributed by atoms with E-state index in [2.05, 4.69) is 15.2 Å². The van der Waals surface area contributed by atoms with Crippen LogP contribution in [0, 0.1) is 0 Å². The molecule has 3 aromatic heterocycles. The first-order chi connectivity index (χ1) is 12.8. The average molecular weight is 386 g/mol. The number of hydrogen-bond acceptors (Lipinski definition) is 6. The number of morpholine rings is 1. The Labute approximate surface area is 160 Å². The number of aromatic nitrogens is 1. The van der Waals surface area contributed by atoms with Crippen molar-refractivity contribution in [3.63, 3.8) is 0 Å². The largest absolute Gasteiger partial charge is 0.378 e. The molecule has 26 heavy (non-hydrogen) atoms. The van der Waals surface area contributed by atoms with Gasteiger partial charge in [-0.2, -0.15) is 0 Å². The van der Waals surface area contributed by atoms with Crippen molar-refractivity contribution in [2.75, 3.05) is 31.2 Å². The molecule has 1 fully saturated rings. The van der Waals surface area contributed by atoms with Crippen LogP contribution in [-0.2, 0) is 11.3 Å². The lowest BCUT2D eigenvalue weighted by Gasteiger charge is -2.28. The van der Waals surface area contributed by atoms with Crippen LogP contribution in [0.4, 0.5) is 5.00 Å². The summed E-state index contributed by atoms with van der Waals surface area (Å²) in [6, 6.07) is 11.8. The molecule has 7 heteroatoms. The van der Waals surface area contributed by atoms with Gasteiger partial charge in [-0.25, -0.2) is 0 Å². The first-order valence-electron chi connectivity index (χ1n) is 8.50. The summed E-state index contributed by atoms with van der Waals surface area (Å²) in [5, 5.41) is 6.12. The van der Waals surface area contributed by atoms with E-state index >= 15 is 0 Å². The maximum absolute atomic E-state index is 12.7. The van der Waals surface area contributed by atoms with Gasteiger partial charge in [-0.3, -0.25) is 9.78 Å². The maximum atomic E-state index is 12.7. The number of rotatable bonds is 5. The van der Waals surface area contributed by atoms with Crippen LogP contribution in [0.25, 0.3) is 11.3 Å². The molecule has 0 aliphatic carbocycles. The molecule has 0 saturated carbocycles. The quantitative estimate of drug-likeness (QED) is 0.729. The van der Waals surface area contributed by atoms with Gasteiger partial charge in [0.15, 0.2) is 0 Å². The fraction of sp³-hybridized carbons (Fsp3) is 0.263. The lowest BCUT2D eigenvalue weighted by Crippen LogP contribution is -2.35. The zero-order chi connectivity index (χ0) is 17.8. The predicted molar refractivity (Wildman–Crippen MR) is 106 cm³/mol. The summed E-state index contributed by atoms with van der Waals surface area (Å²) in [4.78, 5) is 21.3. The number of ether oxygens (including phenoxy) is 1. The highest BCUT2D eigenvalue weighted by Crippen LogP contribution is 2.38. The Hall–Kier alpha value is -2.22. The summed E-state index contributed by atoms with van der Waals surface area (Å²) in [6.45, 7) is 3.63. The number of anilines is 1. The number of hydrogen-bond donors (Lipinski definition) is 1. The van der Waals surface area contributed by atoms with E-state index in [0.29, 0.717) is 24.6 Å². The number of carbonyl (C=O) groups excluding carboxylic acids is 1. The normalized spacial score (nSPS) is 14.4. The average Bonchev–Trinajstić information content (AvgIpc) is 3.37. The highest BCUT2D eigenvalue weighted by molar-refractivity contribution is 7.18. The zero-order valence-electron chi connectivity index (χ0n) is 14.2. The van der Waals surface area contributed by atoms with E-state index in [0.717, 1.165) is 34.2 Å². The van der Waals surface area contributed by atoms with E-state index in [-0.39, 0.29) is 5.91 Å². The molecule has 1 N–H and O–H groups in total. The summed E-state index contributed by atoms with van der Waals surface area (Å²) < 4.78 is 5.47. The smallest absolute Gasteiger partial charge is 0.261 e. The first-order valence-corrected chi connectivity index (χ1v) is 10.2. The summed E-state index contributed by atoms with van der Waals surface area (Å²) in [6.07, 6.45) is 1.78. The van der Waals surface area contributed by atoms with Crippen LogP contribution in [0.2, 0.25) is 0 Å². The molecular formula is C19H19N3O2S2. The van der Waals surface area contributed by atoms with Crippen molar-refractivity contribution in [2.24, 2.45) is 0 Å². The standard InChI is InChI=1S/C19H19N3O2S2/c23-18(21-13-14-4-3-11-25-14)17-12-15(16-5-1-2-6-20-16)19(26-17)22-7-9-24-10-8-22/h1-6,11-12H,7-10,13H2,(H,21,23). The number of thiophene rings is 2. The summed E-state index contributed by atoms with van der Waals surface area (Å²) in [5.41, 5.74) is 1.90. The minimum absolute atomic E-state index is 0.0416. The van der Waals surface area contributed by atoms with Gasteiger partial charge in [0.2, 0.25) is 0 Å². The van der Waals surface area contributed by atoms with Crippen LogP contribution in [-0.4, -0.2) is 37.2 Å². The fourth-order valence-corrected chi connectivity index (χ4v) is 4.65. The van der Waals surface area contributed by atoms with Crippen LogP contribution < -0.4 is 10.2 Å². The van der Waals surface area contributed by atoms with Crippen molar-refractivity contribution in [3.8, 4) is 11.3 Å². The Morgan fingerprint density at radius 3 is 2.85 bits per heavy atom. The third-order valence-corrected chi connectivity index (χ3v) is 6.25. The van der Waals surface area contributed by atoms with Crippen molar-refractivity contribution < 1.29 is 9.53 Å². The molecule has 0 spiro atoms. The molecule has 0 radical (unpaired) electrons. The molecule has 0 bridgehead atoms. The number of carbonyl (C=O) groups is 1. The van der Waals surface area contributed by atoms with Gasteiger partial charge in [-0.1, -0.05) is 12.1 Å². The van der Waals surface area contributed by atoms with Crippen LogP contribution in [0.1, 0.15) is 14.5 Å². The Balaban J connectivity index is 1.60. The zero-order valence-corrected chi connectivity index (χ0v) is 15.8. The third-order valence-electron chi connectivity index (χ3n) is 4.18. The monoisotopic (exact) mass is 385 g/mol. The molecule has 5 nitrogen and oxygen atoms in total. The molecule has 4 rings (SSSR count). The Morgan fingerprint density at radius 1 is 1.23 bits per heavy atom. The van der Waals surface area contributed by atoms with Gasteiger partial charge >= 0.3 is 0 Å².